The lowest BCUT2D eigenvalue weighted by atomic mass is 9.82. The molecule has 1 aromatic rings. The van der Waals surface area contributed by atoms with E-state index in [1.807, 2.05) is 11.8 Å². The molecule has 104 valence electrons. The average Bonchev–Trinajstić information content (AvgIpc) is 2.37. The molecule has 5 nitrogen and oxygen atoms in total. The maximum Gasteiger partial charge on any atom is 0.257 e. The normalized spacial score (nSPS) is 18.2. The standard InChI is InChI=1S/C14H22N4O/c1-10-8-12(17-15)11(9-16-10)13(19)18-6-4-14(2,3)5-7-18/h8-9H,4-7,15H2,1-3H3,(H,16,17). The molecule has 1 fully saturated rings. The van der Waals surface area contributed by atoms with E-state index in [1.165, 1.54) is 0 Å². The Morgan fingerprint density at radius 2 is 2.05 bits per heavy atom. The van der Waals surface area contributed by atoms with Gasteiger partial charge >= 0.3 is 0 Å². The first-order chi connectivity index (χ1) is 8.93. The van der Waals surface area contributed by atoms with Gasteiger partial charge in [-0.2, -0.15) is 0 Å². The summed E-state index contributed by atoms with van der Waals surface area (Å²) in [6, 6.07) is 1.79. The van der Waals surface area contributed by atoms with E-state index in [0.29, 0.717) is 16.7 Å². The zero-order valence-corrected chi connectivity index (χ0v) is 11.9. The van der Waals surface area contributed by atoms with Crippen LogP contribution >= 0.6 is 0 Å². The fourth-order valence-corrected chi connectivity index (χ4v) is 2.34. The number of hydrazine groups is 1. The van der Waals surface area contributed by atoms with Gasteiger partial charge in [-0.15, -0.1) is 0 Å². The molecule has 0 aliphatic carbocycles. The number of likely N-dealkylation sites (tertiary alicyclic amines) is 1. The number of anilines is 1. The number of nitrogens with two attached hydrogens (primary N) is 1. The molecule has 5 heteroatoms. The number of amides is 1. The molecule has 1 aliphatic heterocycles. The number of aryl methyl sites for hydroxylation is 1. The van der Waals surface area contributed by atoms with Crippen LogP contribution in [-0.2, 0) is 0 Å². The van der Waals surface area contributed by atoms with Crippen molar-refractivity contribution in [2.75, 3.05) is 18.5 Å². The monoisotopic (exact) mass is 262 g/mol. The minimum Gasteiger partial charge on any atom is -0.338 e. The van der Waals surface area contributed by atoms with Gasteiger partial charge in [-0.3, -0.25) is 15.6 Å². The molecule has 1 saturated heterocycles. The van der Waals surface area contributed by atoms with Gasteiger partial charge in [0.15, 0.2) is 0 Å². The second-order valence-corrected chi connectivity index (χ2v) is 5.97. The van der Waals surface area contributed by atoms with E-state index < -0.39 is 0 Å². The van der Waals surface area contributed by atoms with Crippen molar-refractivity contribution in [3.8, 4) is 0 Å². The van der Waals surface area contributed by atoms with Crippen molar-refractivity contribution >= 4 is 11.6 Å². The highest BCUT2D eigenvalue weighted by Gasteiger charge is 2.29. The number of aromatic nitrogens is 1. The Labute approximate surface area is 114 Å². The van der Waals surface area contributed by atoms with Gasteiger partial charge in [-0.25, -0.2) is 0 Å². The molecular weight excluding hydrogens is 240 g/mol. The van der Waals surface area contributed by atoms with E-state index >= 15 is 0 Å². The predicted octanol–water partition coefficient (Wildman–Crippen LogP) is 1.94. The zero-order chi connectivity index (χ0) is 14.0. The number of carbonyl (C=O) groups is 1. The quantitative estimate of drug-likeness (QED) is 0.631. The summed E-state index contributed by atoms with van der Waals surface area (Å²) < 4.78 is 0. The molecule has 1 amide bonds. The Morgan fingerprint density at radius 1 is 1.42 bits per heavy atom. The molecule has 2 heterocycles. The topological polar surface area (TPSA) is 71.2 Å². The summed E-state index contributed by atoms with van der Waals surface area (Å²) >= 11 is 0. The summed E-state index contributed by atoms with van der Waals surface area (Å²) in [5, 5.41) is 0. The number of piperidine rings is 1. The first-order valence-corrected chi connectivity index (χ1v) is 6.65. The molecule has 0 spiro atoms. The molecule has 0 saturated carbocycles. The predicted molar refractivity (Wildman–Crippen MR) is 75.7 cm³/mol. The van der Waals surface area contributed by atoms with Crippen LogP contribution in [0.1, 0.15) is 42.7 Å². The van der Waals surface area contributed by atoms with E-state index in [-0.39, 0.29) is 5.91 Å². The number of hydrogen-bond acceptors (Lipinski definition) is 4. The van der Waals surface area contributed by atoms with Gasteiger partial charge in [-0.05, 0) is 31.2 Å². The molecule has 2 rings (SSSR count). The second-order valence-electron chi connectivity index (χ2n) is 5.97. The maximum atomic E-state index is 12.5. The zero-order valence-electron chi connectivity index (χ0n) is 11.9. The molecule has 19 heavy (non-hydrogen) atoms. The molecule has 1 aliphatic rings. The molecule has 1 aromatic heterocycles. The highest BCUT2D eigenvalue weighted by Crippen LogP contribution is 2.30. The van der Waals surface area contributed by atoms with Gasteiger partial charge in [-0.1, -0.05) is 13.8 Å². The second kappa shape index (κ2) is 5.17. The number of hydrogen-bond donors (Lipinski definition) is 2. The highest BCUT2D eigenvalue weighted by molar-refractivity contribution is 5.99. The van der Waals surface area contributed by atoms with E-state index in [4.69, 9.17) is 5.84 Å². The van der Waals surface area contributed by atoms with Crippen LogP contribution in [0, 0.1) is 12.3 Å². The van der Waals surface area contributed by atoms with Crippen molar-refractivity contribution in [1.82, 2.24) is 9.88 Å². The minimum absolute atomic E-state index is 0.0101. The first-order valence-electron chi connectivity index (χ1n) is 6.65. The first kappa shape index (κ1) is 13.8. The fraction of sp³-hybridized carbons (Fsp3) is 0.571. The summed E-state index contributed by atoms with van der Waals surface area (Å²) in [4.78, 5) is 18.6. The smallest absolute Gasteiger partial charge is 0.257 e. The van der Waals surface area contributed by atoms with Crippen LogP contribution in [0.4, 0.5) is 5.69 Å². The van der Waals surface area contributed by atoms with E-state index in [1.54, 1.807) is 12.3 Å². The Bertz CT molecular complexity index is 474. The minimum atomic E-state index is 0.0101. The summed E-state index contributed by atoms with van der Waals surface area (Å²) in [6.07, 6.45) is 3.67. The van der Waals surface area contributed by atoms with Crippen molar-refractivity contribution in [1.29, 1.82) is 0 Å². The van der Waals surface area contributed by atoms with Crippen LogP contribution in [0.2, 0.25) is 0 Å². The Balaban J connectivity index is 2.16. The summed E-state index contributed by atoms with van der Waals surface area (Å²) in [5.41, 5.74) is 4.94. The lowest BCUT2D eigenvalue weighted by Crippen LogP contribution is -2.41. The van der Waals surface area contributed by atoms with Crippen molar-refractivity contribution in [3.05, 3.63) is 23.5 Å². The van der Waals surface area contributed by atoms with Crippen LogP contribution < -0.4 is 11.3 Å². The maximum absolute atomic E-state index is 12.5. The lowest BCUT2D eigenvalue weighted by molar-refractivity contribution is 0.0631. The van der Waals surface area contributed by atoms with Gasteiger partial charge in [0.2, 0.25) is 0 Å². The molecule has 0 bridgehead atoms. The fourth-order valence-electron chi connectivity index (χ4n) is 2.34. The van der Waals surface area contributed by atoms with E-state index in [0.717, 1.165) is 31.6 Å². The third-order valence-electron chi connectivity index (χ3n) is 3.83. The van der Waals surface area contributed by atoms with Gasteiger partial charge in [0.25, 0.3) is 5.91 Å². The molecule has 0 radical (unpaired) electrons. The summed E-state index contributed by atoms with van der Waals surface area (Å²) in [7, 11) is 0. The van der Waals surface area contributed by atoms with E-state index in [9.17, 15) is 4.79 Å². The summed E-state index contributed by atoms with van der Waals surface area (Å²) in [6.45, 7) is 7.95. The molecular formula is C14H22N4O. The highest BCUT2D eigenvalue weighted by atomic mass is 16.2. The third-order valence-corrected chi connectivity index (χ3v) is 3.83. The third kappa shape index (κ3) is 3.04. The van der Waals surface area contributed by atoms with Crippen molar-refractivity contribution < 1.29 is 4.79 Å². The molecule has 3 N–H and O–H groups in total. The van der Waals surface area contributed by atoms with Crippen LogP contribution in [0.25, 0.3) is 0 Å². The van der Waals surface area contributed by atoms with Crippen molar-refractivity contribution in [3.63, 3.8) is 0 Å². The van der Waals surface area contributed by atoms with Gasteiger partial charge in [0.1, 0.15) is 0 Å². The Morgan fingerprint density at radius 3 is 2.63 bits per heavy atom. The van der Waals surface area contributed by atoms with Crippen molar-refractivity contribution in [2.24, 2.45) is 11.3 Å². The molecule has 0 atom stereocenters. The number of carbonyl (C=O) groups excluding carboxylic acids is 1. The number of nitrogens with one attached hydrogen (secondary N) is 1. The molecule has 0 aromatic carbocycles. The van der Waals surface area contributed by atoms with Crippen LogP contribution in [0.5, 0.6) is 0 Å². The van der Waals surface area contributed by atoms with Gasteiger partial charge in [0, 0.05) is 25.0 Å². The largest absolute Gasteiger partial charge is 0.338 e. The van der Waals surface area contributed by atoms with Crippen LogP contribution in [0.15, 0.2) is 12.3 Å². The average molecular weight is 262 g/mol. The molecule has 0 unspecified atom stereocenters. The number of rotatable bonds is 2. The SMILES string of the molecule is Cc1cc(NN)c(C(=O)N2CCC(C)(C)CC2)cn1. The summed E-state index contributed by atoms with van der Waals surface area (Å²) in [5.74, 6) is 5.49. The van der Waals surface area contributed by atoms with Gasteiger partial charge in [0.05, 0.1) is 11.3 Å². The Kier molecular flexibility index (Phi) is 3.75. The lowest BCUT2D eigenvalue weighted by Gasteiger charge is -2.37. The van der Waals surface area contributed by atoms with Crippen molar-refractivity contribution in [2.45, 2.75) is 33.6 Å². The number of nitrogens with zero attached hydrogens (tertiary/aromatic N) is 2. The van der Waals surface area contributed by atoms with Crippen LogP contribution in [-0.4, -0.2) is 28.9 Å². The van der Waals surface area contributed by atoms with Gasteiger partial charge < -0.3 is 10.3 Å². The van der Waals surface area contributed by atoms with Crippen LogP contribution in [0.3, 0.4) is 0 Å². The van der Waals surface area contributed by atoms with E-state index in [2.05, 4.69) is 24.3 Å². The number of nitrogen functional groups attached to an aromatic ring is 1. The number of pyridine rings is 1. The Hall–Kier alpha value is -1.62.